The van der Waals surface area contributed by atoms with Crippen molar-refractivity contribution in [3.63, 3.8) is 0 Å². The van der Waals surface area contributed by atoms with E-state index in [0.29, 0.717) is 38.5 Å². The Morgan fingerprint density at radius 2 is 1.75 bits per heavy atom. The Labute approximate surface area is 139 Å². The zero-order valence-corrected chi connectivity index (χ0v) is 13.3. The van der Waals surface area contributed by atoms with E-state index in [0.717, 1.165) is 5.56 Å². The van der Waals surface area contributed by atoms with Crippen molar-refractivity contribution < 1.29 is 18.4 Å². The van der Waals surface area contributed by atoms with Crippen LogP contribution in [0.1, 0.15) is 16.1 Å². The van der Waals surface area contributed by atoms with Gasteiger partial charge in [-0.1, -0.05) is 12.1 Å². The second-order valence-corrected chi connectivity index (χ2v) is 5.86. The summed E-state index contributed by atoms with van der Waals surface area (Å²) in [5, 5.41) is 0. The summed E-state index contributed by atoms with van der Waals surface area (Å²) >= 11 is 0. The summed E-state index contributed by atoms with van der Waals surface area (Å²) in [7, 11) is 0. The van der Waals surface area contributed by atoms with Gasteiger partial charge in [-0.3, -0.25) is 14.5 Å². The van der Waals surface area contributed by atoms with Crippen LogP contribution in [0.2, 0.25) is 0 Å². The second-order valence-electron chi connectivity index (χ2n) is 5.86. The zero-order valence-electron chi connectivity index (χ0n) is 13.3. The number of hydrogen-bond donors (Lipinski definition) is 0. The number of benzene rings is 1. The Hall–Kier alpha value is -2.47. The molecule has 0 N–H and O–H groups in total. The van der Waals surface area contributed by atoms with Crippen LogP contribution in [0.25, 0.3) is 0 Å². The summed E-state index contributed by atoms with van der Waals surface area (Å²) in [6, 6.07) is 9.34. The molecule has 0 atom stereocenters. The van der Waals surface area contributed by atoms with Gasteiger partial charge in [0.05, 0.1) is 19.2 Å². The molecule has 126 valence electrons. The third kappa shape index (κ3) is 4.08. The minimum absolute atomic E-state index is 0.0265. The number of hydrogen-bond acceptors (Lipinski definition) is 4. The van der Waals surface area contributed by atoms with Crippen LogP contribution in [0.4, 0.5) is 4.39 Å². The van der Waals surface area contributed by atoms with E-state index in [1.807, 2.05) is 4.90 Å². The largest absolute Gasteiger partial charge is 0.461 e. The first-order chi connectivity index (χ1) is 11.6. The SMILES string of the molecule is O=C(CN1CCN(C(=O)Cc2ccc(F)cc2)CC1)c1ccco1. The van der Waals surface area contributed by atoms with Gasteiger partial charge in [0.2, 0.25) is 11.7 Å². The molecule has 3 rings (SSSR count). The van der Waals surface area contributed by atoms with Crippen LogP contribution in [0, 0.1) is 5.82 Å². The van der Waals surface area contributed by atoms with Crippen LogP contribution in [-0.2, 0) is 11.2 Å². The predicted octanol–water partition coefficient (Wildman–Crippen LogP) is 1.99. The van der Waals surface area contributed by atoms with E-state index in [1.54, 1.807) is 29.2 Å². The molecule has 0 unspecified atom stereocenters. The molecule has 0 aliphatic carbocycles. The third-order valence-corrected chi connectivity index (χ3v) is 4.16. The van der Waals surface area contributed by atoms with E-state index in [9.17, 15) is 14.0 Å². The average molecular weight is 330 g/mol. The summed E-state index contributed by atoms with van der Waals surface area (Å²) in [6.07, 6.45) is 1.75. The van der Waals surface area contributed by atoms with Gasteiger partial charge in [-0.25, -0.2) is 4.39 Å². The Morgan fingerprint density at radius 1 is 1.04 bits per heavy atom. The maximum absolute atomic E-state index is 12.9. The minimum Gasteiger partial charge on any atom is -0.461 e. The Kier molecular flexibility index (Phi) is 5.05. The summed E-state index contributed by atoms with van der Waals surface area (Å²) in [5.41, 5.74) is 0.803. The molecule has 2 heterocycles. The Balaban J connectivity index is 1.47. The highest BCUT2D eigenvalue weighted by Crippen LogP contribution is 2.09. The van der Waals surface area contributed by atoms with Gasteiger partial charge < -0.3 is 9.32 Å². The molecule has 1 fully saturated rings. The standard InChI is InChI=1S/C18H19FN2O3/c19-15-5-3-14(4-6-15)12-18(23)21-9-7-20(8-10-21)13-16(22)17-2-1-11-24-17/h1-6,11H,7-10,12-13H2. The first kappa shape index (κ1) is 16.4. The van der Waals surface area contributed by atoms with E-state index >= 15 is 0 Å². The van der Waals surface area contributed by atoms with Crippen LogP contribution in [0.3, 0.4) is 0 Å². The molecule has 0 saturated carbocycles. The first-order valence-electron chi connectivity index (χ1n) is 7.93. The summed E-state index contributed by atoms with van der Waals surface area (Å²) in [4.78, 5) is 28.1. The lowest BCUT2D eigenvalue weighted by atomic mass is 10.1. The Bertz CT molecular complexity index is 690. The molecule has 1 aromatic carbocycles. The number of ketones is 1. The molecule has 1 amide bonds. The highest BCUT2D eigenvalue weighted by Gasteiger charge is 2.23. The van der Waals surface area contributed by atoms with Crippen LogP contribution < -0.4 is 0 Å². The van der Waals surface area contributed by atoms with E-state index in [-0.39, 0.29) is 23.9 Å². The van der Waals surface area contributed by atoms with Crippen molar-refractivity contribution in [2.75, 3.05) is 32.7 Å². The number of furan rings is 1. The maximum atomic E-state index is 12.9. The number of nitrogens with zero attached hydrogens (tertiary/aromatic N) is 2. The van der Waals surface area contributed by atoms with Crippen LogP contribution in [-0.4, -0.2) is 54.2 Å². The number of carbonyl (C=O) groups excluding carboxylic acids is 2. The van der Waals surface area contributed by atoms with Gasteiger partial charge >= 0.3 is 0 Å². The lowest BCUT2D eigenvalue weighted by Crippen LogP contribution is -2.50. The number of piperazine rings is 1. The highest BCUT2D eigenvalue weighted by molar-refractivity contribution is 5.95. The van der Waals surface area contributed by atoms with Gasteiger partial charge in [0.25, 0.3) is 0 Å². The predicted molar refractivity (Wildman–Crippen MR) is 86.2 cm³/mol. The molecular formula is C18H19FN2O3. The van der Waals surface area contributed by atoms with Gasteiger partial charge in [0, 0.05) is 26.2 Å². The van der Waals surface area contributed by atoms with Crippen molar-refractivity contribution >= 4 is 11.7 Å². The number of rotatable bonds is 5. The topological polar surface area (TPSA) is 53.8 Å². The van der Waals surface area contributed by atoms with Crippen LogP contribution >= 0.6 is 0 Å². The normalized spacial score (nSPS) is 15.5. The lowest BCUT2D eigenvalue weighted by molar-refractivity contribution is -0.132. The van der Waals surface area contributed by atoms with Gasteiger partial charge in [-0.15, -0.1) is 0 Å². The van der Waals surface area contributed by atoms with E-state index in [2.05, 4.69) is 0 Å². The van der Waals surface area contributed by atoms with Gasteiger partial charge in [-0.2, -0.15) is 0 Å². The molecule has 2 aromatic rings. The fourth-order valence-electron chi connectivity index (χ4n) is 2.76. The average Bonchev–Trinajstić information content (AvgIpc) is 3.12. The molecular weight excluding hydrogens is 311 g/mol. The molecule has 1 aromatic heterocycles. The lowest BCUT2D eigenvalue weighted by Gasteiger charge is -2.34. The highest BCUT2D eigenvalue weighted by atomic mass is 19.1. The van der Waals surface area contributed by atoms with Gasteiger partial charge in [0.15, 0.2) is 5.76 Å². The van der Waals surface area contributed by atoms with Crippen molar-refractivity contribution in [2.24, 2.45) is 0 Å². The fraction of sp³-hybridized carbons (Fsp3) is 0.333. The zero-order chi connectivity index (χ0) is 16.9. The number of halogens is 1. The van der Waals surface area contributed by atoms with Crippen molar-refractivity contribution in [1.82, 2.24) is 9.80 Å². The molecule has 1 aliphatic rings. The number of carbonyl (C=O) groups is 2. The van der Waals surface area contributed by atoms with Crippen molar-refractivity contribution in [3.8, 4) is 0 Å². The first-order valence-corrected chi connectivity index (χ1v) is 7.93. The molecule has 1 aliphatic heterocycles. The molecule has 24 heavy (non-hydrogen) atoms. The van der Waals surface area contributed by atoms with Crippen LogP contribution in [0.5, 0.6) is 0 Å². The molecule has 0 radical (unpaired) electrons. The maximum Gasteiger partial charge on any atom is 0.227 e. The molecule has 1 saturated heterocycles. The molecule has 5 nitrogen and oxygen atoms in total. The molecule has 6 heteroatoms. The monoisotopic (exact) mass is 330 g/mol. The van der Waals surface area contributed by atoms with Gasteiger partial charge in [0.1, 0.15) is 5.82 Å². The van der Waals surface area contributed by atoms with E-state index in [4.69, 9.17) is 4.42 Å². The third-order valence-electron chi connectivity index (χ3n) is 4.16. The summed E-state index contributed by atoms with van der Waals surface area (Å²) < 4.78 is 18.0. The van der Waals surface area contributed by atoms with Gasteiger partial charge in [-0.05, 0) is 29.8 Å². The second kappa shape index (κ2) is 7.40. The van der Waals surface area contributed by atoms with Crippen molar-refractivity contribution in [3.05, 3.63) is 59.8 Å². The smallest absolute Gasteiger partial charge is 0.227 e. The molecule has 0 spiro atoms. The van der Waals surface area contributed by atoms with E-state index in [1.165, 1.54) is 18.4 Å². The Morgan fingerprint density at radius 3 is 2.38 bits per heavy atom. The van der Waals surface area contributed by atoms with Crippen LogP contribution in [0.15, 0.2) is 47.1 Å². The minimum atomic E-state index is -0.305. The molecule has 0 bridgehead atoms. The summed E-state index contributed by atoms with van der Waals surface area (Å²) in [6.45, 7) is 2.79. The van der Waals surface area contributed by atoms with E-state index < -0.39 is 0 Å². The quantitative estimate of drug-likeness (QED) is 0.787. The van der Waals surface area contributed by atoms with Crippen molar-refractivity contribution in [2.45, 2.75) is 6.42 Å². The fourth-order valence-corrected chi connectivity index (χ4v) is 2.76. The summed E-state index contributed by atoms with van der Waals surface area (Å²) in [5.74, 6) is 0.0376. The van der Waals surface area contributed by atoms with Crippen molar-refractivity contribution in [1.29, 1.82) is 0 Å². The number of Topliss-reactive ketones (excluding diaryl/α,β-unsaturated/α-hetero) is 1. The number of amides is 1.